The molecule has 4 heterocycles. The molecule has 2 bridgehead atoms. The van der Waals surface area contributed by atoms with Crippen LogP contribution in [-0.2, 0) is 16.1 Å². The third-order valence-corrected chi connectivity index (χ3v) is 5.84. The predicted molar refractivity (Wildman–Crippen MR) is 90.9 cm³/mol. The normalized spacial score (nSPS) is 31.4. The minimum absolute atomic E-state index is 0.0746. The highest BCUT2D eigenvalue weighted by atomic mass is 16.5. The van der Waals surface area contributed by atoms with Gasteiger partial charge in [0.1, 0.15) is 0 Å². The molecule has 24 heavy (non-hydrogen) atoms. The average Bonchev–Trinajstić information content (AvgIpc) is 2.54. The molecule has 0 unspecified atom stereocenters. The molecule has 1 aromatic rings. The number of fused-ring (bicyclic) bond motifs is 4. The Morgan fingerprint density at radius 2 is 2.08 bits per heavy atom. The topological polar surface area (TPSA) is 51.5 Å². The van der Waals surface area contributed by atoms with Gasteiger partial charge in [0.15, 0.2) is 0 Å². The van der Waals surface area contributed by atoms with Gasteiger partial charge in [-0.05, 0) is 45.1 Å². The largest absolute Gasteiger partial charge is 0.376 e. The van der Waals surface area contributed by atoms with Gasteiger partial charge in [0.2, 0.25) is 5.91 Å². The number of carbonyl (C=O) groups excluding carboxylic acids is 1. The molecule has 2 fully saturated rings. The van der Waals surface area contributed by atoms with Gasteiger partial charge in [0.25, 0.3) is 5.56 Å². The van der Waals surface area contributed by atoms with Gasteiger partial charge in [-0.1, -0.05) is 6.07 Å². The van der Waals surface area contributed by atoms with Gasteiger partial charge in [-0.15, -0.1) is 0 Å². The minimum Gasteiger partial charge on any atom is -0.376 e. The number of likely N-dealkylation sites (tertiary alicyclic amines) is 1. The van der Waals surface area contributed by atoms with Crippen LogP contribution in [0.25, 0.3) is 0 Å². The van der Waals surface area contributed by atoms with Crippen LogP contribution in [0.3, 0.4) is 0 Å². The first-order valence-corrected chi connectivity index (χ1v) is 9.05. The second-order valence-electron chi connectivity index (χ2n) is 8.24. The Hall–Kier alpha value is -1.62. The number of aromatic nitrogens is 1. The zero-order chi connectivity index (χ0) is 16.9. The molecular formula is C19H26N2O3. The van der Waals surface area contributed by atoms with Crippen LogP contribution in [0.5, 0.6) is 0 Å². The number of rotatable bonds is 1. The molecule has 5 nitrogen and oxygen atoms in total. The quantitative estimate of drug-likeness (QED) is 0.791. The molecule has 130 valence electrons. The van der Waals surface area contributed by atoms with Crippen molar-refractivity contribution in [3.63, 3.8) is 0 Å². The number of amides is 1. The number of hydrogen-bond acceptors (Lipinski definition) is 3. The molecule has 3 aliphatic rings. The zero-order valence-corrected chi connectivity index (χ0v) is 14.5. The van der Waals surface area contributed by atoms with E-state index in [4.69, 9.17) is 4.74 Å². The van der Waals surface area contributed by atoms with E-state index in [1.807, 2.05) is 16.7 Å². The van der Waals surface area contributed by atoms with E-state index in [2.05, 4.69) is 18.7 Å². The summed E-state index contributed by atoms with van der Waals surface area (Å²) in [4.78, 5) is 27.2. The van der Waals surface area contributed by atoms with E-state index in [0.29, 0.717) is 18.4 Å². The molecule has 0 spiro atoms. The third-order valence-electron chi connectivity index (χ3n) is 5.84. The highest BCUT2D eigenvalue weighted by Gasteiger charge is 2.40. The van der Waals surface area contributed by atoms with Crippen LogP contribution >= 0.6 is 0 Å². The molecule has 2 saturated heterocycles. The van der Waals surface area contributed by atoms with E-state index >= 15 is 0 Å². The fraction of sp³-hybridized carbons (Fsp3) is 0.684. The van der Waals surface area contributed by atoms with Crippen molar-refractivity contribution in [3.8, 4) is 0 Å². The van der Waals surface area contributed by atoms with E-state index in [1.54, 1.807) is 6.07 Å². The summed E-state index contributed by atoms with van der Waals surface area (Å²) in [6.45, 7) is 7.08. The molecule has 0 aliphatic carbocycles. The van der Waals surface area contributed by atoms with Crippen molar-refractivity contribution in [1.29, 1.82) is 0 Å². The van der Waals surface area contributed by atoms with Crippen LogP contribution in [0, 0.1) is 11.8 Å². The molecule has 3 aliphatic heterocycles. The molecule has 0 saturated carbocycles. The summed E-state index contributed by atoms with van der Waals surface area (Å²) in [5.74, 6) is 1.05. The highest BCUT2D eigenvalue weighted by molar-refractivity contribution is 5.79. The first-order chi connectivity index (χ1) is 11.4. The summed E-state index contributed by atoms with van der Waals surface area (Å²) < 4.78 is 7.67. The van der Waals surface area contributed by atoms with Crippen molar-refractivity contribution >= 4 is 5.91 Å². The van der Waals surface area contributed by atoms with E-state index in [0.717, 1.165) is 44.6 Å². The van der Waals surface area contributed by atoms with Crippen molar-refractivity contribution < 1.29 is 9.53 Å². The minimum atomic E-state index is -0.204. The van der Waals surface area contributed by atoms with E-state index in [1.165, 1.54) is 0 Å². The summed E-state index contributed by atoms with van der Waals surface area (Å²) in [7, 11) is 0. The van der Waals surface area contributed by atoms with E-state index in [9.17, 15) is 9.59 Å². The Labute approximate surface area is 142 Å². The molecule has 5 heteroatoms. The fourth-order valence-electron chi connectivity index (χ4n) is 4.78. The second-order valence-corrected chi connectivity index (χ2v) is 8.24. The molecular weight excluding hydrogens is 304 g/mol. The van der Waals surface area contributed by atoms with Gasteiger partial charge in [0, 0.05) is 49.8 Å². The zero-order valence-electron chi connectivity index (χ0n) is 14.5. The van der Waals surface area contributed by atoms with Gasteiger partial charge in [0.05, 0.1) is 5.60 Å². The predicted octanol–water partition coefficient (Wildman–Crippen LogP) is 2.00. The maximum Gasteiger partial charge on any atom is 0.250 e. The summed E-state index contributed by atoms with van der Waals surface area (Å²) in [6, 6.07) is 5.53. The SMILES string of the molecule is CC1(C)C[C@H](C(=O)N2C[C@@H]3C[C@@H](C2)c2cccc(=O)n2C3)CCO1. The molecule has 1 amide bonds. The van der Waals surface area contributed by atoms with Crippen LogP contribution in [-0.4, -0.2) is 40.7 Å². The first kappa shape index (κ1) is 15.9. The van der Waals surface area contributed by atoms with Gasteiger partial charge in [-0.2, -0.15) is 0 Å². The number of hydrogen-bond donors (Lipinski definition) is 0. The standard InChI is InChI=1S/C19H26N2O3/c1-19(2)9-14(6-7-24-19)18(23)20-10-13-8-15(12-20)16-4-3-5-17(22)21(16)11-13/h3-5,13-15H,6-12H2,1-2H3/t13-,14+,15-/m0/s1. The van der Waals surface area contributed by atoms with Crippen LogP contribution in [0.1, 0.15) is 44.7 Å². The fourth-order valence-corrected chi connectivity index (χ4v) is 4.78. The van der Waals surface area contributed by atoms with Crippen molar-refractivity contribution in [1.82, 2.24) is 9.47 Å². The third kappa shape index (κ3) is 2.79. The Balaban J connectivity index is 1.54. The maximum atomic E-state index is 13.1. The summed E-state index contributed by atoms with van der Waals surface area (Å²) >= 11 is 0. The van der Waals surface area contributed by atoms with Crippen LogP contribution in [0.2, 0.25) is 0 Å². The van der Waals surface area contributed by atoms with Crippen LogP contribution in [0.4, 0.5) is 0 Å². The molecule has 0 N–H and O–H groups in total. The monoisotopic (exact) mass is 330 g/mol. The number of piperidine rings is 1. The van der Waals surface area contributed by atoms with Gasteiger partial charge >= 0.3 is 0 Å². The van der Waals surface area contributed by atoms with E-state index in [-0.39, 0.29) is 23.0 Å². The Kier molecular flexibility index (Phi) is 3.79. The molecule has 0 aromatic carbocycles. The smallest absolute Gasteiger partial charge is 0.250 e. The molecule has 4 rings (SSSR count). The Bertz CT molecular complexity index is 709. The summed E-state index contributed by atoms with van der Waals surface area (Å²) in [6.07, 6.45) is 2.71. The van der Waals surface area contributed by atoms with Gasteiger partial charge < -0.3 is 14.2 Å². The van der Waals surface area contributed by atoms with Crippen molar-refractivity contribution in [2.45, 2.75) is 51.2 Å². The Morgan fingerprint density at radius 1 is 1.25 bits per heavy atom. The number of pyridine rings is 1. The summed E-state index contributed by atoms with van der Waals surface area (Å²) in [5.41, 5.74) is 0.987. The van der Waals surface area contributed by atoms with Gasteiger partial charge in [-0.25, -0.2) is 0 Å². The van der Waals surface area contributed by atoms with Crippen LogP contribution < -0.4 is 5.56 Å². The lowest BCUT2D eigenvalue weighted by Crippen LogP contribution is -2.52. The lowest BCUT2D eigenvalue weighted by Gasteiger charge is -2.45. The van der Waals surface area contributed by atoms with Crippen molar-refractivity contribution in [3.05, 3.63) is 34.2 Å². The second kappa shape index (κ2) is 5.73. The first-order valence-electron chi connectivity index (χ1n) is 9.05. The Morgan fingerprint density at radius 3 is 2.88 bits per heavy atom. The number of carbonyl (C=O) groups is 1. The van der Waals surface area contributed by atoms with E-state index < -0.39 is 0 Å². The number of nitrogens with zero attached hydrogens (tertiary/aromatic N) is 2. The lowest BCUT2D eigenvalue weighted by atomic mass is 9.81. The maximum absolute atomic E-state index is 13.1. The molecule has 3 atom stereocenters. The highest BCUT2D eigenvalue weighted by Crippen LogP contribution is 2.37. The molecule has 1 aromatic heterocycles. The van der Waals surface area contributed by atoms with Crippen LogP contribution in [0.15, 0.2) is 23.0 Å². The van der Waals surface area contributed by atoms with Crippen molar-refractivity contribution in [2.24, 2.45) is 11.8 Å². The average molecular weight is 330 g/mol. The van der Waals surface area contributed by atoms with Gasteiger partial charge in [-0.3, -0.25) is 9.59 Å². The lowest BCUT2D eigenvalue weighted by molar-refractivity contribution is -0.148. The molecule has 0 radical (unpaired) electrons. The van der Waals surface area contributed by atoms with Crippen molar-refractivity contribution in [2.75, 3.05) is 19.7 Å². The summed E-state index contributed by atoms with van der Waals surface area (Å²) in [5, 5.41) is 0. The number of ether oxygens (including phenoxy) is 1.